The van der Waals surface area contributed by atoms with Crippen molar-refractivity contribution in [1.82, 2.24) is 4.90 Å². The van der Waals surface area contributed by atoms with E-state index in [0.717, 1.165) is 33.8 Å². The summed E-state index contributed by atoms with van der Waals surface area (Å²) in [4.78, 5) is 16.3. The summed E-state index contributed by atoms with van der Waals surface area (Å²) in [5.41, 5.74) is 0.796. The maximum atomic E-state index is 12.8. The minimum absolute atomic E-state index is 0.138. The van der Waals surface area contributed by atoms with Crippen molar-refractivity contribution >= 4 is 42.7 Å². The van der Waals surface area contributed by atoms with Gasteiger partial charge in [-0.15, -0.1) is 23.1 Å². The van der Waals surface area contributed by atoms with Gasteiger partial charge in [0.25, 0.3) is 0 Å². The van der Waals surface area contributed by atoms with Crippen LogP contribution in [0.4, 0.5) is 0 Å². The third kappa shape index (κ3) is 4.03. The fourth-order valence-corrected chi connectivity index (χ4v) is 5.96. The molecule has 0 N–H and O–H groups in total. The van der Waals surface area contributed by atoms with Crippen molar-refractivity contribution in [2.45, 2.75) is 44.6 Å². The van der Waals surface area contributed by atoms with Gasteiger partial charge in [-0.25, -0.2) is 4.79 Å². The van der Waals surface area contributed by atoms with Crippen LogP contribution in [0.3, 0.4) is 0 Å². The lowest BCUT2D eigenvalue weighted by Crippen LogP contribution is -2.25. The van der Waals surface area contributed by atoms with Crippen molar-refractivity contribution in [3.8, 4) is 0 Å². The van der Waals surface area contributed by atoms with Crippen molar-refractivity contribution in [2.75, 3.05) is 18.9 Å². The van der Waals surface area contributed by atoms with E-state index in [9.17, 15) is 4.79 Å². The first-order chi connectivity index (χ1) is 11.0. The summed E-state index contributed by atoms with van der Waals surface area (Å²) in [6.07, 6.45) is 2.48. The Kier molecular flexibility index (Phi) is 5.23. The molecule has 6 heteroatoms. The van der Waals surface area contributed by atoms with Gasteiger partial charge in [0.05, 0.1) is 11.6 Å². The van der Waals surface area contributed by atoms with Crippen LogP contribution in [0.5, 0.6) is 0 Å². The van der Waals surface area contributed by atoms with Crippen LogP contribution in [0, 0.1) is 0 Å². The van der Waals surface area contributed by atoms with Gasteiger partial charge in [-0.05, 0) is 30.3 Å². The summed E-state index contributed by atoms with van der Waals surface area (Å²) >= 11 is 3.46. The van der Waals surface area contributed by atoms with Gasteiger partial charge < -0.3 is 9.64 Å². The van der Waals surface area contributed by atoms with Gasteiger partial charge in [0.1, 0.15) is 5.57 Å². The number of rotatable bonds is 5. The van der Waals surface area contributed by atoms with E-state index >= 15 is 0 Å². The van der Waals surface area contributed by atoms with E-state index < -0.39 is 8.07 Å². The van der Waals surface area contributed by atoms with Crippen molar-refractivity contribution in [3.05, 3.63) is 27.4 Å². The van der Waals surface area contributed by atoms with E-state index in [4.69, 9.17) is 4.74 Å². The summed E-state index contributed by atoms with van der Waals surface area (Å²) in [5, 5.41) is 3.18. The zero-order valence-corrected chi connectivity index (χ0v) is 16.8. The van der Waals surface area contributed by atoms with Crippen LogP contribution in [0.1, 0.15) is 17.7 Å². The lowest BCUT2D eigenvalue weighted by Gasteiger charge is -2.21. The normalized spacial score (nSPS) is 23.1. The average molecular weight is 368 g/mol. The molecular formula is C17H25NO2S2Si. The second-order valence-electron chi connectivity index (χ2n) is 7.40. The number of thiophene rings is 1. The summed E-state index contributed by atoms with van der Waals surface area (Å²) in [7, 11) is -1.18. The van der Waals surface area contributed by atoms with E-state index in [1.165, 1.54) is 12.8 Å². The van der Waals surface area contributed by atoms with E-state index in [2.05, 4.69) is 24.5 Å². The topological polar surface area (TPSA) is 29.5 Å². The van der Waals surface area contributed by atoms with Gasteiger partial charge in [-0.2, -0.15) is 0 Å². The molecule has 1 atom stereocenters. The number of nitrogens with zero attached hydrogens (tertiary/aromatic N) is 1. The van der Waals surface area contributed by atoms with Gasteiger partial charge >= 0.3 is 5.97 Å². The summed E-state index contributed by atoms with van der Waals surface area (Å²) in [5.74, 6) is 0.965. The van der Waals surface area contributed by atoms with Crippen molar-refractivity contribution in [2.24, 2.45) is 0 Å². The number of fused-ring (bicyclic) bond motifs is 1. The molecule has 2 aliphatic rings. The molecule has 1 aromatic heterocycles. The number of esters is 1. The highest BCUT2D eigenvalue weighted by molar-refractivity contribution is 8.03. The van der Waals surface area contributed by atoms with Gasteiger partial charge in [0.15, 0.2) is 0 Å². The third-order valence-electron chi connectivity index (χ3n) is 4.32. The molecule has 0 aliphatic carbocycles. The molecule has 0 aromatic carbocycles. The maximum Gasteiger partial charge on any atom is 0.342 e. The van der Waals surface area contributed by atoms with Crippen LogP contribution in [0.15, 0.2) is 22.5 Å². The Labute approximate surface area is 148 Å². The molecule has 3 rings (SSSR count). The lowest BCUT2D eigenvalue weighted by atomic mass is 10.2. The predicted molar refractivity (Wildman–Crippen MR) is 103 cm³/mol. The second-order valence-corrected chi connectivity index (χ2v) is 15.0. The first-order valence-electron chi connectivity index (χ1n) is 8.30. The molecular weight excluding hydrogens is 342 g/mol. The van der Waals surface area contributed by atoms with E-state index in [1.54, 1.807) is 11.3 Å². The molecule has 0 saturated carbocycles. The highest BCUT2D eigenvalue weighted by Gasteiger charge is 2.37. The van der Waals surface area contributed by atoms with Crippen LogP contribution in [-0.2, 0) is 9.53 Å². The smallest absolute Gasteiger partial charge is 0.342 e. The predicted octanol–water partition coefficient (Wildman–Crippen LogP) is 4.51. The number of hydrogen-bond acceptors (Lipinski definition) is 5. The number of hydrogen-bond donors (Lipinski definition) is 0. The minimum Gasteiger partial charge on any atom is -0.462 e. The Morgan fingerprint density at radius 2 is 2.26 bits per heavy atom. The van der Waals surface area contributed by atoms with Gasteiger partial charge in [-0.3, -0.25) is 0 Å². The Bertz CT molecular complexity index is 592. The lowest BCUT2D eigenvalue weighted by molar-refractivity contribution is -0.136. The fourth-order valence-electron chi connectivity index (χ4n) is 2.99. The zero-order valence-electron chi connectivity index (χ0n) is 14.1. The van der Waals surface area contributed by atoms with Crippen molar-refractivity contribution in [1.29, 1.82) is 0 Å². The molecule has 0 bridgehead atoms. The molecule has 126 valence electrons. The van der Waals surface area contributed by atoms with Crippen LogP contribution in [-0.4, -0.2) is 43.9 Å². The Balaban J connectivity index is 1.81. The number of carbonyl (C=O) groups is 1. The number of thioether (sulfide) groups is 1. The van der Waals surface area contributed by atoms with Crippen LogP contribution >= 0.6 is 23.1 Å². The first kappa shape index (κ1) is 17.1. The fraction of sp³-hybridized carbons (Fsp3) is 0.588. The zero-order chi connectivity index (χ0) is 16.4. The molecule has 0 radical (unpaired) electrons. The Morgan fingerprint density at radius 3 is 2.96 bits per heavy atom. The standard InChI is InChI=1S/C17H25NO2S2Si/c1-23(2,3)11-9-20-17(19)15(14-7-5-10-21-14)16-18-8-4-6-13(18)12-22-16/h5,7,10,13H,4,6,8-9,11-12H2,1-3H3/b16-15+/t13-/m0/s1. The molecule has 0 unspecified atom stereocenters. The molecule has 2 saturated heterocycles. The van der Waals surface area contributed by atoms with Crippen molar-refractivity contribution < 1.29 is 9.53 Å². The molecule has 0 spiro atoms. The highest BCUT2D eigenvalue weighted by Crippen LogP contribution is 2.43. The highest BCUT2D eigenvalue weighted by atomic mass is 32.2. The van der Waals surface area contributed by atoms with E-state index in [1.807, 2.05) is 29.3 Å². The molecule has 3 nitrogen and oxygen atoms in total. The quantitative estimate of drug-likeness (QED) is 0.435. The molecule has 2 aliphatic heterocycles. The summed E-state index contributed by atoms with van der Waals surface area (Å²) < 4.78 is 5.67. The van der Waals surface area contributed by atoms with Crippen LogP contribution < -0.4 is 0 Å². The average Bonchev–Trinajstić information content (AvgIpc) is 3.16. The molecule has 3 heterocycles. The van der Waals surface area contributed by atoms with E-state index in [-0.39, 0.29) is 5.97 Å². The first-order valence-corrected chi connectivity index (χ1v) is 13.9. The Hall–Kier alpha value is -0.723. The summed E-state index contributed by atoms with van der Waals surface area (Å²) in [6, 6.07) is 5.68. The molecule has 1 aromatic rings. The van der Waals surface area contributed by atoms with Crippen LogP contribution in [0.2, 0.25) is 25.7 Å². The summed E-state index contributed by atoms with van der Waals surface area (Å²) in [6.45, 7) is 8.54. The van der Waals surface area contributed by atoms with Crippen molar-refractivity contribution in [3.63, 3.8) is 0 Å². The maximum absolute atomic E-state index is 12.8. The third-order valence-corrected chi connectivity index (χ3v) is 8.18. The second kappa shape index (κ2) is 7.03. The number of carbonyl (C=O) groups excluding carboxylic acids is 1. The Morgan fingerprint density at radius 1 is 1.43 bits per heavy atom. The van der Waals surface area contributed by atoms with E-state index in [0.29, 0.717) is 12.6 Å². The van der Waals surface area contributed by atoms with Crippen LogP contribution in [0.25, 0.3) is 5.57 Å². The monoisotopic (exact) mass is 367 g/mol. The molecule has 0 amide bonds. The molecule has 2 fully saturated rings. The SMILES string of the molecule is C[Si](C)(C)CCOC(=O)/C(=C1/SC[C@@H]2CCCN12)c1cccs1. The van der Waals surface area contributed by atoms with Gasteiger partial charge in [-0.1, -0.05) is 25.7 Å². The van der Waals surface area contributed by atoms with Gasteiger partial charge in [0, 0.05) is 31.3 Å². The largest absolute Gasteiger partial charge is 0.462 e. The minimum atomic E-state index is -1.18. The molecule has 23 heavy (non-hydrogen) atoms. The van der Waals surface area contributed by atoms with Gasteiger partial charge in [0.2, 0.25) is 0 Å². The number of ether oxygens (including phenoxy) is 1.